The molecule has 2 heterocycles. The van der Waals surface area contributed by atoms with Crippen molar-refractivity contribution in [2.45, 2.75) is 19.1 Å². The van der Waals surface area contributed by atoms with E-state index >= 15 is 0 Å². The Hall–Kier alpha value is -2.05. The van der Waals surface area contributed by atoms with E-state index in [9.17, 15) is 13.9 Å². The third-order valence-electron chi connectivity index (χ3n) is 4.48. The zero-order chi connectivity index (χ0) is 17.1. The third kappa shape index (κ3) is 3.55. The molecule has 1 aliphatic rings. The van der Waals surface area contributed by atoms with Crippen molar-refractivity contribution in [1.82, 2.24) is 9.88 Å². The average molecular weight is 334 g/mol. The number of β-amino-alcohol motifs (C(OH)–C–C–N with tert-alkyl or cyclic N) is 1. The van der Waals surface area contributed by atoms with Crippen LogP contribution in [0.2, 0.25) is 0 Å². The van der Waals surface area contributed by atoms with Crippen LogP contribution in [0, 0.1) is 17.6 Å². The maximum Gasteiger partial charge on any atom is 0.167 e. The van der Waals surface area contributed by atoms with Crippen molar-refractivity contribution in [1.29, 1.82) is 0 Å². The number of halogens is 2. The van der Waals surface area contributed by atoms with Gasteiger partial charge in [-0.3, -0.25) is 9.88 Å². The van der Waals surface area contributed by atoms with E-state index in [0.29, 0.717) is 18.8 Å². The molecular weight excluding hydrogens is 314 g/mol. The largest absolute Gasteiger partial charge is 0.496 e. The van der Waals surface area contributed by atoms with E-state index in [4.69, 9.17) is 4.74 Å². The minimum atomic E-state index is -0.890. The van der Waals surface area contributed by atoms with Gasteiger partial charge in [0, 0.05) is 43.5 Å². The zero-order valence-electron chi connectivity index (χ0n) is 13.5. The summed E-state index contributed by atoms with van der Waals surface area (Å²) in [6.07, 6.45) is 3.67. The number of likely N-dealkylation sites (tertiary alicyclic amines) is 1. The first-order valence-electron chi connectivity index (χ1n) is 7.88. The van der Waals surface area contributed by atoms with Gasteiger partial charge in [-0.1, -0.05) is 0 Å². The van der Waals surface area contributed by atoms with Crippen molar-refractivity contribution in [3.8, 4) is 5.75 Å². The Labute approximate surface area is 139 Å². The van der Waals surface area contributed by atoms with E-state index in [-0.39, 0.29) is 18.0 Å². The maximum atomic E-state index is 14.1. The second-order valence-electron chi connectivity index (χ2n) is 6.12. The first-order valence-corrected chi connectivity index (χ1v) is 7.88. The fraction of sp³-hybridized carbons (Fsp3) is 0.389. The minimum Gasteiger partial charge on any atom is -0.496 e. The monoisotopic (exact) mass is 334 g/mol. The van der Waals surface area contributed by atoms with Gasteiger partial charge in [0.2, 0.25) is 0 Å². The Morgan fingerprint density at radius 2 is 1.96 bits per heavy atom. The molecule has 0 radical (unpaired) electrons. The number of methoxy groups -OCH3 is 1. The molecule has 6 heteroatoms. The van der Waals surface area contributed by atoms with Crippen molar-refractivity contribution < 1.29 is 18.6 Å². The van der Waals surface area contributed by atoms with Crippen LogP contribution < -0.4 is 4.74 Å². The predicted octanol–water partition coefficient (Wildman–Crippen LogP) is 2.40. The Morgan fingerprint density at radius 3 is 2.67 bits per heavy atom. The summed E-state index contributed by atoms with van der Waals surface area (Å²) in [7, 11) is 1.43. The second kappa shape index (κ2) is 7.23. The minimum absolute atomic E-state index is 0.0509. The molecule has 0 bridgehead atoms. The number of benzene rings is 1. The summed E-state index contributed by atoms with van der Waals surface area (Å²) in [6, 6.07) is 6.33. The van der Waals surface area contributed by atoms with Crippen molar-refractivity contribution in [2.24, 2.45) is 5.92 Å². The molecule has 1 fully saturated rings. The molecule has 0 amide bonds. The molecule has 1 aromatic carbocycles. The lowest BCUT2D eigenvalue weighted by Crippen LogP contribution is -2.22. The molecule has 128 valence electrons. The van der Waals surface area contributed by atoms with Crippen LogP contribution in [0.4, 0.5) is 8.78 Å². The summed E-state index contributed by atoms with van der Waals surface area (Å²) in [5, 5.41) is 10.3. The summed E-state index contributed by atoms with van der Waals surface area (Å²) in [4.78, 5) is 5.91. The first-order chi connectivity index (χ1) is 11.6. The number of hydrogen-bond donors (Lipinski definition) is 1. The lowest BCUT2D eigenvalue weighted by molar-refractivity contribution is 0.140. The lowest BCUT2D eigenvalue weighted by Gasteiger charge is -2.18. The number of ether oxygens (including phenoxy) is 1. The van der Waals surface area contributed by atoms with Gasteiger partial charge in [0.25, 0.3) is 0 Å². The van der Waals surface area contributed by atoms with Gasteiger partial charge in [-0.15, -0.1) is 0 Å². The smallest absolute Gasteiger partial charge is 0.167 e. The van der Waals surface area contributed by atoms with Crippen LogP contribution in [-0.2, 0) is 13.0 Å². The second-order valence-corrected chi connectivity index (χ2v) is 6.12. The highest BCUT2D eigenvalue weighted by molar-refractivity contribution is 5.35. The first kappa shape index (κ1) is 16.8. The lowest BCUT2D eigenvalue weighted by atomic mass is 9.97. The molecule has 0 spiro atoms. The topological polar surface area (TPSA) is 45.6 Å². The molecule has 1 saturated heterocycles. The zero-order valence-corrected chi connectivity index (χ0v) is 13.5. The maximum absolute atomic E-state index is 14.1. The van der Waals surface area contributed by atoms with Crippen molar-refractivity contribution in [3.05, 3.63) is 59.4 Å². The quantitative estimate of drug-likeness (QED) is 0.912. The van der Waals surface area contributed by atoms with Gasteiger partial charge in [-0.05, 0) is 36.2 Å². The Morgan fingerprint density at radius 1 is 1.21 bits per heavy atom. The van der Waals surface area contributed by atoms with Crippen LogP contribution in [0.5, 0.6) is 5.75 Å². The third-order valence-corrected chi connectivity index (χ3v) is 4.48. The molecule has 2 atom stereocenters. The van der Waals surface area contributed by atoms with E-state index in [1.807, 2.05) is 17.0 Å². The van der Waals surface area contributed by atoms with Crippen LogP contribution in [0.25, 0.3) is 0 Å². The molecule has 3 rings (SSSR count). The van der Waals surface area contributed by atoms with E-state index in [1.165, 1.54) is 13.2 Å². The Balaban J connectivity index is 1.71. The molecular formula is C18H20F2N2O2. The Bertz CT molecular complexity index is 697. The van der Waals surface area contributed by atoms with E-state index in [0.717, 1.165) is 18.1 Å². The highest BCUT2D eigenvalue weighted by atomic mass is 19.2. The van der Waals surface area contributed by atoms with E-state index < -0.39 is 17.7 Å². The summed E-state index contributed by atoms with van der Waals surface area (Å²) in [5.74, 6) is -1.41. The summed E-state index contributed by atoms with van der Waals surface area (Å²) < 4.78 is 32.7. The van der Waals surface area contributed by atoms with Crippen molar-refractivity contribution in [2.75, 3.05) is 20.2 Å². The highest BCUT2D eigenvalue weighted by Crippen LogP contribution is 2.28. The van der Waals surface area contributed by atoms with E-state index in [1.54, 1.807) is 12.4 Å². The Kier molecular flexibility index (Phi) is 5.06. The number of aliphatic hydroxyl groups is 1. The van der Waals surface area contributed by atoms with Crippen molar-refractivity contribution in [3.63, 3.8) is 0 Å². The van der Waals surface area contributed by atoms with Gasteiger partial charge < -0.3 is 9.84 Å². The number of hydrogen-bond acceptors (Lipinski definition) is 4. The van der Waals surface area contributed by atoms with Crippen LogP contribution in [0.1, 0.15) is 11.1 Å². The number of pyridine rings is 1. The summed E-state index contributed by atoms with van der Waals surface area (Å²) in [6.45, 7) is 1.24. The van der Waals surface area contributed by atoms with Gasteiger partial charge in [0.15, 0.2) is 11.6 Å². The van der Waals surface area contributed by atoms with Crippen LogP contribution in [0.15, 0.2) is 36.7 Å². The van der Waals surface area contributed by atoms with Gasteiger partial charge in [0.1, 0.15) is 5.75 Å². The van der Waals surface area contributed by atoms with Crippen LogP contribution in [0.3, 0.4) is 0 Å². The normalized spacial score (nSPS) is 21.2. The van der Waals surface area contributed by atoms with Crippen molar-refractivity contribution >= 4 is 0 Å². The van der Waals surface area contributed by atoms with Crippen LogP contribution >= 0.6 is 0 Å². The van der Waals surface area contributed by atoms with Gasteiger partial charge in [-0.2, -0.15) is 0 Å². The summed E-state index contributed by atoms with van der Waals surface area (Å²) >= 11 is 0. The number of nitrogens with zero attached hydrogens (tertiary/aromatic N) is 2. The molecule has 1 N–H and O–H groups in total. The number of rotatable bonds is 5. The molecule has 1 aromatic heterocycles. The van der Waals surface area contributed by atoms with Crippen LogP contribution in [-0.4, -0.2) is 41.3 Å². The molecule has 0 aliphatic carbocycles. The summed E-state index contributed by atoms with van der Waals surface area (Å²) in [5.41, 5.74) is 1.29. The number of aliphatic hydroxyl groups excluding tert-OH is 1. The van der Waals surface area contributed by atoms with Gasteiger partial charge in [-0.25, -0.2) is 8.78 Å². The molecule has 0 saturated carbocycles. The SMILES string of the molecule is COc1ccc(F)c(F)c1CN1C[C@@H](Cc2ccncc2)[C@H](O)C1. The van der Waals surface area contributed by atoms with Gasteiger partial charge in [0.05, 0.1) is 13.2 Å². The molecule has 4 nitrogen and oxygen atoms in total. The predicted molar refractivity (Wildman–Crippen MR) is 85.6 cm³/mol. The van der Waals surface area contributed by atoms with E-state index in [2.05, 4.69) is 4.98 Å². The highest BCUT2D eigenvalue weighted by Gasteiger charge is 2.32. The number of aromatic nitrogens is 1. The average Bonchev–Trinajstić information content (AvgIpc) is 2.92. The standard InChI is InChI=1S/C18H20F2N2O2/c1-24-17-3-2-15(19)18(20)14(17)10-22-9-13(16(23)11-22)8-12-4-6-21-7-5-12/h2-7,13,16,23H,8-11H2,1H3/t13-,16-/m1/s1. The molecule has 24 heavy (non-hydrogen) atoms. The molecule has 1 aliphatic heterocycles. The fourth-order valence-electron chi connectivity index (χ4n) is 3.23. The fourth-order valence-corrected chi connectivity index (χ4v) is 3.23. The molecule has 0 unspecified atom stereocenters. The van der Waals surface area contributed by atoms with Gasteiger partial charge >= 0.3 is 0 Å². The molecule has 2 aromatic rings.